The highest BCUT2D eigenvalue weighted by molar-refractivity contribution is 5.92. The fourth-order valence-corrected chi connectivity index (χ4v) is 6.11. The van der Waals surface area contributed by atoms with Gasteiger partial charge in [-0.3, -0.25) is 9.59 Å². The van der Waals surface area contributed by atoms with E-state index in [9.17, 15) is 14.4 Å². The molecule has 0 saturated heterocycles. The van der Waals surface area contributed by atoms with Crippen molar-refractivity contribution in [3.05, 3.63) is 108 Å². The fourth-order valence-electron chi connectivity index (χ4n) is 6.11. The Labute approximate surface area is 264 Å². The SMILES string of the molecule is C[C@H]1CCCC[C@@H]1OC(=O)N[C@@](C)(Cc1c[nH]c2ccccc12)C(=O)N[C@@H](CC(=O)OCc1ccccc1)Cc1ccccc1. The van der Waals surface area contributed by atoms with E-state index in [4.69, 9.17) is 9.47 Å². The third-order valence-corrected chi connectivity index (χ3v) is 8.71. The summed E-state index contributed by atoms with van der Waals surface area (Å²) < 4.78 is 11.5. The maximum atomic E-state index is 14.2. The van der Waals surface area contributed by atoms with Crippen LogP contribution in [0.4, 0.5) is 4.79 Å². The summed E-state index contributed by atoms with van der Waals surface area (Å²) in [7, 11) is 0. The summed E-state index contributed by atoms with van der Waals surface area (Å²) in [6.45, 7) is 3.96. The number of amides is 2. The van der Waals surface area contributed by atoms with Gasteiger partial charge in [0.25, 0.3) is 0 Å². The third kappa shape index (κ3) is 8.75. The minimum atomic E-state index is -1.37. The molecule has 0 aliphatic heterocycles. The first-order valence-corrected chi connectivity index (χ1v) is 15.9. The number of hydrogen-bond donors (Lipinski definition) is 3. The van der Waals surface area contributed by atoms with Gasteiger partial charge in [0.15, 0.2) is 0 Å². The van der Waals surface area contributed by atoms with Crippen molar-refractivity contribution in [3.8, 4) is 0 Å². The van der Waals surface area contributed by atoms with Crippen LogP contribution in [-0.2, 0) is 38.5 Å². The largest absolute Gasteiger partial charge is 0.461 e. The number of rotatable bonds is 12. The number of esters is 1. The number of para-hydroxylation sites is 1. The van der Waals surface area contributed by atoms with Crippen molar-refractivity contribution in [1.29, 1.82) is 0 Å². The Morgan fingerprint density at radius 3 is 2.31 bits per heavy atom. The summed E-state index contributed by atoms with van der Waals surface area (Å²) >= 11 is 0. The lowest BCUT2D eigenvalue weighted by Crippen LogP contribution is -2.60. The van der Waals surface area contributed by atoms with Gasteiger partial charge >= 0.3 is 12.1 Å². The van der Waals surface area contributed by atoms with Crippen LogP contribution < -0.4 is 10.6 Å². The smallest absolute Gasteiger partial charge is 0.408 e. The quantitative estimate of drug-likeness (QED) is 0.156. The number of hydrogen-bond acceptors (Lipinski definition) is 5. The molecule has 1 saturated carbocycles. The lowest BCUT2D eigenvalue weighted by atomic mass is 9.88. The average Bonchev–Trinajstić information content (AvgIpc) is 3.44. The topological polar surface area (TPSA) is 110 Å². The van der Waals surface area contributed by atoms with Gasteiger partial charge in [-0.2, -0.15) is 0 Å². The van der Waals surface area contributed by atoms with Crippen LogP contribution in [0.25, 0.3) is 10.9 Å². The van der Waals surface area contributed by atoms with Gasteiger partial charge in [-0.15, -0.1) is 0 Å². The molecule has 45 heavy (non-hydrogen) atoms. The molecule has 1 aromatic heterocycles. The predicted octanol–water partition coefficient (Wildman–Crippen LogP) is 6.64. The molecule has 0 bridgehead atoms. The maximum absolute atomic E-state index is 14.2. The molecule has 0 radical (unpaired) electrons. The summed E-state index contributed by atoms with van der Waals surface area (Å²) in [4.78, 5) is 43.9. The minimum absolute atomic E-state index is 0.0271. The molecule has 8 heteroatoms. The minimum Gasteiger partial charge on any atom is -0.461 e. The molecule has 4 aromatic rings. The molecule has 2 amide bonds. The van der Waals surface area contributed by atoms with Crippen LogP contribution in [0.2, 0.25) is 0 Å². The van der Waals surface area contributed by atoms with Crippen LogP contribution in [0.5, 0.6) is 0 Å². The van der Waals surface area contributed by atoms with Gasteiger partial charge in [0.1, 0.15) is 18.2 Å². The molecule has 8 nitrogen and oxygen atoms in total. The standard InChI is InChI=1S/C37H43N3O5/c1-26-13-9-12-20-33(26)45-36(43)40-37(2,23-29-24-38-32-19-11-10-18-31(29)32)35(42)39-30(21-27-14-5-3-6-15-27)22-34(41)44-25-28-16-7-4-8-17-28/h3-8,10-11,14-19,24,26,30,33,38H,9,12-13,20-23,25H2,1-2H3,(H,39,42)(H,40,43)/t26-,30+,33-,37-/m0/s1. The van der Waals surface area contributed by atoms with E-state index in [0.717, 1.165) is 53.3 Å². The summed E-state index contributed by atoms with van der Waals surface area (Å²) in [6.07, 6.45) is 5.62. The van der Waals surface area contributed by atoms with Crippen molar-refractivity contribution in [3.63, 3.8) is 0 Å². The Bertz CT molecular complexity index is 1570. The normalized spacial score (nSPS) is 18.4. The zero-order valence-corrected chi connectivity index (χ0v) is 26.1. The van der Waals surface area contributed by atoms with E-state index in [1.165, 1.54) is 0 Å². The Kier molecular flexibility index (Phi) is 10.6. The zero-order valence-electron chi connectivity index (χ0n) is 26.1. The van der Waals surface area contributed by atoms with E-state index < -0.39 is 29.6 Å². The van der Waals surface area contributed by atoms with Crippen LogP contribution >= 0.6 is 0 Å². The number of carbonyl (C=O) groups excluding carboxylic acids is 3. The van der Waals surface area contributed by atoms with Gasteiger partial charge in [-0.05, 0) is 61.3 Å². The summed E-state index contributed by atoms with van der Waals surface area (Å²) in [6, 6.07) is 26.4. The molecular weight excluding hydrogens is 566 g/mol. The van der Waals surface area contributed by atoms with Crippen molar-refractivity contribution in [2.45, 2.75) is 83.1 Å². The molecule has 3 aromatic carbocycles. The van der Waals surface area contributed by atoms with Gasteiger partial charge in [-0.25, -0.2) is 4.79 Å². The van der Waals surface area contributed by atoms with Crippen molar-refractivity contribution < 1.29 is 23.9 Å². The van der Waals surface area contributed by atoms with Crippen molar-refractivity contribution in [2.75, 3.05) is 0 Å². The van der Waals surface area contributed by atoms with Crippen molar-refractivity contribution in [1.82, 2.24) is 15.6 Å². The summed E-state index contributed by atoms with van der Waals surface area (Å²) in [5, 5.41) is 6.99. The number of aromatic amines is 1. The highest BCUT2D eigenvalue weighted by Gasteiger charge is 2.39. The first-order chi connectivity index (χ1) is 21.8. The second-order valence-corrected chi connectivity index (χ2v) is 12.4. The Morgan fingerprint density at radius 2 is 1.58 bits per heavy atom. The molecule has 4 atom stereocenters. The van der Waals surface area contributed by atoms with E-state index in [2.05, 4.69) is 22.5 Å². The lowest BCUT2D eigenvalue weighted by molar-refractivity contribution is -0.145. The van der Waals surface area contributed by atoms with Crippen molar-refractivity contribution in [2.24, 2.45) is 5.92 Å². The first kappa shape index (κ1) is 31.8. The number of alkyl carbamates (subject to hydrolysis) is 1. The monoisotopic (exact) mass is 609 g/mol. The Balaban J connectivity index is 1.35. The molecule has 1 fully saturated rings. The molecule has 1 aliphatic carbocycles. The van der Waals surface area contributed by atoms with Gasteiger partial charge in [0, 0.05) is 29.6 Å². The lowest BCUT2D eigenvalue weighted by Gasteiger charge is -2.33. The zero-order chi connectivity index (χ0) is 31.6. The molecule has 5 rings (SSSR count). The van der Waals surface area contributed by atoms with Crippen LogP contribution in [0.1, 0.15) is 62.6 Å². The van der Waals surface area contributed by atoms with Crippen LogP contribution in [-0.4, -0.2) is 40.6 Å². The van der Waals surface area contributed by atoms with Crippen molar-refractivity contribution >= 4 is 28.9 Å². The number of benzene rings is 3. The summed E-state index contributed by atoms with van der Waals surface area (Å²) in [5.74, 6) is -0.564. The molecule has 1 heterocycles. The molecule has 0 unspecified atom stereocenters. The number of aromatic nitrogens is 1. The number of carbonyl (C=O) groups is 3. The average molecular weight is 610 g/mol. The number of fused-ring (bicyclic) bond motifs is 1. The van der Waals surface area contributed by atoms with Gasteiger partial charge < -0.3 is 25.1 Å². The van der Waals surface area contributed by atoms with Gasteiger partial charge in [0.05, 0.1) is 6.42 Å². The second-order valence-electron chi connectivity index (χ2n) is 12.4. The van der Waals surface area contributed by atoms with E-state index in [0.29, 0.717) is 6.42 Å². The summed E-state index contributed by atoms with van der Waals surface area (Å²) in [5.41, 5.74) is 2.31. The Morgan fingerprint density at radius 1 is 0.911 bits per heavy atom. The van der Waals surface area contributed by atoms with Crippen LogP contribution in [0.15, 0.2) is 91.1 Å². The Hall–Kier alpha value is -4.59. The molecule has 3 N–H and O–H groups in total. The molecule has 1 aliphatic rings. The highest BCUT2D eigenvalue weighted by Crippen LogP contribution is 2.27. The van der Waals surface area contributed by atoms with Gasteiger partial charge in [-0.1, -0.05) is 92.2 Å². The number of H-pyrrole nitrogens is 1. The number of ether oxygens (including phenoxy) is 2. The molecular formula is C37H43N3O5. The number of nitrogens with one attached hydrogen (secondary N) is 3. The molecule has 236 valence electrons. The second kappa shape index (κ2) is 14.9. The van der Waals surface area contributed by atoms with E-state index in [-0.39, 0.29) is 31.5 Å². The highest BCUT2D eigenvalue weighted by atomic mass is 16.6. The predicted molar refractivity (Wildman–Crippen MR) is 174 cm³/mol. The maximum Gasteiger partial charge on any atom is 0.408 e. The van der Waals surface area contributed by atoms with Crippen LogP contribution in [0.3, 0.4) is 0 Å². The fraction of sp³-hybridized carbons (Fsp3) is 0.378. The first-order valence-electron chi connectivity index (χ1n) is 15.9. The van der Waals surface area contributed by atoms with Gasteiger partial charge in [0.2, 0.25) is 5.91 Å². The van der Waals surface area contributed by atoms with Crippen LogP contribution in [0, 0.1) is 5.92 Å². The molecule has 0 spiro atoms. The van der Waals surface area contributed by atoms with E-state index in [1.807, 2.05) is 91.1 Å². The van der Waals surface area contributed by atoms with E-state index >= 15 is 0 Å². The third-order valence-electron chi connectivity index (χ3n) is 8.71. The van der Waals surface area contributed by atoms with E-state index in [1.54, 1.807) is 6.92 Å².